The summed E-state index contributed by atoms with van der Waals surface area (Å²) in [6, 6.07) is 10.6. The molecule has 0 N–H and O–H groups in total. The molecule has 10 heteroatoms. The first kappa shape index (κ1) is 26.2. The van der Waals surface area contributed by atoms with Crippen LogP contribution in [0.3, 0.4) is 0 Å². The molecule has 1 saturated carbocycles. The van der Waals surface area contributed by atoms with Gasteiger partial charge in [0.1, 0.15) is 5.82 Å². The Morgan fingerprint density at radius 3 is 2.71 bits per heavy atom. The van der Waals surface area contributed by atoms with Crippen LogP contribution in [-0.4, -0.2) is 66.7 Å². The van der Waals surface area contributed by atoms with E-state index in [1.165, 1.54) is 24.4 Å². The molecule has 0 radical (unpaired) electrons. The second-order valence-electron chi connectivity index (χ2n) is 9.49. The van der Waals surface area contributed by atoms with Gasteiger partial charge in [0.25, 0.3) is 11.5 Å². The summed E-state index contributed by atoms with van der Waals surface area (Å²) in [5.74, 6) is 1.34. The smallest absolute Gasteiger partial charge is 0.282 e. The number of carbonyl (C=O) groups is 1. The van der Waals surface area contributed by atoms with Crippen molar-refractivity contribution in [2.24, 2.45) is 5.10 Å². The van der Waals surface area contributed by atoms with Gasteiger partial charge in [0.2, 0.25) is 0 Å². The molecule has 1 aliphatic carbocycles. The normalized spacial score (nSPS) is 16.7. The molecule has 2 aliphatic rings. The first-order valence-corrected chi connectivity index (χ1v) is 13.3. The molecule has 2 fully saturated rings. The van der Waals surface area contributed by atoms with Crippen molar-refractivity contribution in [2.75, 3.05) is 40.0 Å². The number of halogens is 1. The molecular formula is C28H31ClN4O5. The Balaban J connectivity index is 1.51. The SMILES string of the molecule is COc1cc(Cl)cc(C=Nn2c(C3CCCCC3)nc3ccccc3c2=O)c1OCC(=O)N1CCOCC1. The van der Waals surface area contributed by atoms with E-state index in [0.29, 0.717) is 65.1 Å². The van der Waals surface area contributed by atoms with Crippen LogP contribution in [0.4, 0.5) is 0 Å². The Morgan fingerprint density at radius 2 is 1.95 bits per heavy atom. The van der Waals surface area contributed by atoms with Gasteiger partial charge in [0.05, 0.1) is 37.4 Å². The summed E-state index contributed by atoms with van der Waals surface area (Å²) < 4.78 is 18.2. The summed E-state index contributed by atoms with van der Waals surface area (Å²) in [4.78, 5) is 32.8. The number of methoxy groups -OCH3 is 1. The largest absolute Gasteiger partial charge is 0.493 e. The van der Waals surface area contributed by atoms with Crippen LogP contribution in [-0.2, 0) is 9.53 Å². The molecule has 0 spiro atoms. The lowest BCUT2D eigenvalue weighted by Crippen LogP contribution is -2.43. The lowest BCUT2D eigenvalue weighted by atomic mass is 9.88. The number of rotatable bonds is 7. The van der Waals surface area contributed by atoms with Gasteiger partial charge in [-0.25, -0.2) is 4.98 Å². The fraction of sp³-hybridized carbons (Fsp3) is 0.429. The summed E-state index contributed by atoms with van der Waals surface area (Å²) in [5.41, 5.74) is 0.921. The van der Waals surface area contributed by atoms with Crippen molar-refractivity contribution in [1.29, 1.82) is 0 Å². The Hall–Kier alpha value is -3.43. The molecule has 9 nitrogen and oxygen atoms in total. The first-order chi connectivity index (χ1) is 18.5. The van der Waals surface area contributed by atoms with Gasteiger partial charge in [-0.2, -0.15) is 9.78 Å². The van der Waals surface area contributed by atoms with Crippen LogP contribution in [0.15, 0.2) is 46.3 Å². The number of nitrogens with zero attached hydrogens (tertiary/aromatic N) is 4. The molecule has 1 saturated heterocycles. The highest BCUT2D eigenvalue weighted by Crippen LogP contribution is 2.35. The van der Waals surface area contributed by atoms with Crippen molar-refractivity contribution in [3.63, 3.8) is 0 Å². The fourth-order valence-electron chi connectivity index (χ4n) is 5.03. The lowest BCUT2D eigenvalue weighted by molar-refractivity contribution is -0.137. The van der Waals surface area contributed by atoms with Crippen molar-refractivity contribution in [3.05, 3.63) is 63.2 Å². The summed E-state index contributed by atoms with van der Waals surface area (Å²) in [5, 5.41) is 5.52. The molecule has 1 amide bonds. The second kappa shape index (κ2) is 12.0. The number of benzene rings is 2. The van der Waals surface area contributed by atoms with Gasteiger partial charge in [0, 0.05) is 35.7 Å². The third-order valence-electron chi connectivity index (χ3n) is 7.03. The molecule has 5 rings (SSSR count). The zero-order chi connectivity index (χ0) is 26.5. The van der Waals surface area contributed by atoms with Crippen molar-refractivity contribution in [1.82, 2.24) is 14.6 Å². The molecule has 1 aliphatic heterocycles. The number of ether oxygens (including phenoxy) is 3. The highest BCUT2D eigenvalue weighted by molar-refractivity contribution is 6.31. The van der Waals surface area contributed by atoms with Crippen molar-refractivity contribution >= 4 is 34.6 Å². The minimum absolute atomic E-state index is 0.147. The van der Waals surface area contributed by atoms with Crippen LogP contribution in [0, 0.1) is 0 Å². The number of hydrogen-bond acceptors (Lipinski definition) is 7. The number of amides is 1. The Kier molecular flexibility index (Phi) is 8.24. The predicted octanol–water partition coefficient (Wildman–Crippen LogP) is 4.23. The highest BCUT2D eigenvalue weighted by Gasteiger charge is 2.23. The number of hydrogen-bond donors (Lipinski definition) is 0. The average Bonchev–Trinajstić information content (AvgIpc) is 2.96. The number of para-hydroxylation sites is 1. The molecule has 2 aromatic carbocycles. The molecule has 38 heavy (non-hydrogen) atoms. The van der Waals surface area contributed by atoms with E-state index >= 15 is 0 Å². The van der Waals surface area contributed by atoms with Crippen LogP contribution in [0.25, 0.3) is 10.9 Å². The zero-order valence-electron chi connectivity index (χ0n) is 21.4. The topological polar surface area (TPSA) is 95.2 Å². The van der Waals surface area contributed by atoms with E-state index in [1.54, 1.807) is 23.1 Å². The predicted molar refractivity (Wildman–Crippen MR) is 146 cm³/mol. The first-order valence-electron chi connectivity index (χ1n) is 13.0. The van der Waals surface area contributed by atoms with Crippen molar-refractivity contribution in [3.8, 4) is 11.5 Å². The number of fused-ring (bicyclic) bond motifs is 1. The maximum atomic E-state index is 13.5. The summed E-state index contributed by atoms with van der Waals surface area (Å²) in [6.45, 7) is 1.88. The summed E-state index contributed by atoms with van der Waals surface area (Å²) in [6.07, 6.45) is 6.82. The van der Waals surface area contributed by atoms with E-state index in [4.69, 9.17) is 30.8 Å². The number of morpholine rings is 1. The maximum Gasteiger partial charge on any atom is 0.282 e. The summed E-state index contributed by atoms with van der Waals surface area (Å²) in [7, 11) is 1.50. The van der Waals surface area contributed by atoms with Crippen LogP contribution in [0.5, 0.6) is 11.5 Å². The van der Waals surface area contributed by atoms with Crippen molar-refractivity contribution in [2.45, 2.75) is 38.0 Å². The van der Waals surface area contributed by atoms with Crippen LogP contribution < -0.4 is 15.0 Å². The monoisotopic (exact) mass is 538 g/mol. The van der Waals surface area contributed by atoms with E-state index in [2.05, 4.69) is 5.10 Å². The van der Waals surface area contributed by atoms with E-state index < -0.39 is 0 Å². The molecule has 3 aromatic rings. The Labute approximate surface area is 226 Å². The number of carbonyl (C=O) groups excluding carboxylic acids is 1. The minimum atomic E-state index is -0.230. The number of aromatic nitrogens is 2. The maximum absolute atomic E-state index is 13.5. The quantitative estimate of drug-likeness (QED) is 0.418. The third kappa shape index (κ3) is 5.68. The Morgan fingerprint density at radius 1 is 1.18 bits per heavy atom. The minimum Gasteiger partial charge on any atom is -0.493 e. The van der Waals surface area contributed by atoms with E-state index in [-0.39, 0.29) is 24.0 Å². The van der Waals surface area contributed by atoms with Gasteiger partial charge in [0.15, 0.2) is 18.1 Å². The van der Waals surface area contributed by atoms with Gasteiger partial charge in [-0.15, -0.1) is 0 Å². The van der Waals surface area contributed by atoms with Gasteiger partial charge >= 0.3 is 0 Å². The highest BCUT2D eigenvalue weighted by atomic mass is 35.5. The van der Waals surface area contributed by atoms with E-state index in [9.17, 15) is 9.59 Å². The molecule has 0 atom stereocenters. The Bertz CT molecular complexity index is 1390. The molecule has 0 unspecified atom stereocenters. The van der Waals surface area contributed by atoms with Gasteiger partial charge in [-0.05, 0) is 31.0 Å². The lowest BCUT2D eigenvalue weighted by Gasteiger charge is -2.27. The molecule has 200 valence electrons. The third-order valence-corrected chi connectivity index (χ3v) is 7.25. The fourth-order valence-corrected chi connectivity index (χ4v) is 5.24. The average molecular weight is 539 g/mol. The molecular weight excluding hydrogens is 508 g/mol. The van der Waals surface area contributed by atoms with E-state index in [1.807, 2.05) is 18.2 Å². The molecule has 0 bridgehead atoms. The van der Waals surface area contributed by atoms with E-state index in [0.717, 1.165) is 25.7 Å². The van der Waals surface area contributed by atoms with Gasteiger partial charge < -0.3 is 19.1 Å². The molecule has 2 heterocycles. The van der Waals surface area contributed by atoms with Crippen LogP contribution >= 0.6 is 11.6 Å². The van der Waals surface area contributed by atoms with Gasteiger partial charge in [-0.3, -0.25) is 9.59 Å². The standard InChI is InChI=1S/C28H31ClN4O5/c1-36-24-16-21(29)15-20(26(24)38-18-25(34)32-11-13-37-14-12-32)17-30-33-27(19-7-3-2-4-8-19)31-23-10-6-5-9-22(23)28(33)35/h5-6,9-10,15-17,19H,2-4,7-8,11-14,18H2,1H3. The molecule has 1 aromatic heterocycles. The van der Waals surface area contributed by atoms with Crippen LogP contribution in [0.1, 0.15) is 49.4 Å². The van der Waals surface area contributed by atoms with Crippen LogP contribution in [0.2, 0.25) is 5.02 Å². The second-order valence-corrected chi connectivity index (χ2v) is 9.93. The zero-order valence-corrected chi connectivity index (χ0v) is 22.2. The summed E-state index contributed by atoms with van der Waals surface area (Å²) >= 11 is 6.36. The van der Waals surface area contributed by atoms with Crippen molar-refractivity contribution < 1.29 is 19.0 Å². The van der Waals surface area contributed by atoms with Gasteiger partial charge in [-0.1, -0.05) is 43.0 Å².